The number of imidazole rings is 1. The number of aliphatic carboxylic acids is 2. The number of carbonyl (C=O) groups is 9. The first-order valence-electron chi connectivity index (χ1n) is 22.0. The summed E-state index contributed by atoms with van der Waals surface area (Å²) >= 11 is 0. The summed E-state index contributed by atoms with van der Waals surface area (Å²) in [6.45, 7) is 3.34. The first-order valence-corrected chi connectivity index (χ1v) is 22.0. The van der Waals surface area contributed by atoms with Gasteiger partial charge in [0.2, 0.25) is 17.7 Å². The van der Waals surface area contributed by atoms with Crippen LogP contribution in [0.1, 0.15) is 120 Å². The number of H-pyrrole nitrogens is 1. The lowest BCUT2D eigenvalue weighted by Crippen LogP contribution is -2.54. The smallest absolute Gasteiger partial charge is 0.475 e. The normalized spacial score (nSPS) is 15.7. The maximum atomic E-state index is 13.4. The van der Waals surface area contributed by atoms with Crippen LogP contribution in [0.3, 0.4) is 0 Å². The summed E-state index contributed by atoms with van der Waals surface area (Å²) in [6.07, 6.45) is 7.53. The van der Waals surface area contributed by atoms with Gasteiger partial charge in [-0.2, -0.15) is 0 Å². The highest BCUT2D eigenvalue weighted by molar-refractivity contribution is 6.43. The molecule has 1 saturated heterocycles. The molecule has 2 heterocycles. The number of ketones is 3. The van der Waals surface area contributed by atoms with Crippen LogP contribution in [0.5, 0.6) is 0 Å². The van der Waals surface area contributed by atoms with Crippen molar-refractivity contribution in [1.29, 1.82) is 0 Å². The van der Waals surface area contributed by atoms with Crippen molar-refractivity contribution in [2.45, 2.75) is 140 Å². The predicted molar refractivity (Wildman–Crippen MR) is 236 cm³/mol. The van der Waals surface area contributed by atoms with Crippen molar-refractivity contribution in [1.82, 2.24) is 30.8 Å². The number of carbonyl (C=O) groups excluding carboxylic acids is 7. The average molecular weight is 911 g/mol. The average Bonchev–Trinajstić information content (AvgIpc) is 3.97. The molecule has 21 nitrogen and oxygen atoms in total. The van der Waals surface area contributed by atoms with Gasteiger partial charge in [0.05, 0.1) is 43.2 Å². The molecule has 0 bridgehead atoms. The van der Waals surface area contributed by atoms with Crippen molar-refractivity contribution >= 4 is 65.7 Å². The zero-order chi connectivity index (χ0) is 48.1. The van der Waals surface area contributed by atoms with Gasteiger partial charge in [-0.3, -0.25) is 43.2 Å². The number of carboxylic acid groups (broad SMARTS) is 2. The van der Waals surface area contributed by atoms with Crippen LogP contribution in [0.25, 0.3) is 0 Å². The monoisotopic (exact) mass is 910 g/mol. The molecule has 1 aromatic heterocycles. The van der Waals surface area contributed by atoms with E-state index in [4.69, 9.17) is 10.8 Å². The molecular formula is C43H63BN8O13. The van der Waals surface area contributed by atoms with Gasteiger partial charge in [0.15, 0.2) is 11.6 Å². The minimum atomic E-state index is -1.65. The van der Waals surface area contributed by atoms with E-state index in [-0.39, 0.29) is 37.4 Å². The van der Waals surface area contributed by atoms with E-state index in [9.17, 15) is 58.3 Å². The fourth-order valence-electron chi connectivity index (χ4n) is 7.35. The van der Waals surface area contributed by atoms with E-state index in [1.165, 1.54) is 24.3 Å². The van der Waals surface area contributed by atoms with Crippen LogP contribution in [0.15, 0.2) is 36.8 Å². The third-order valence-corrected chi connectivity index (χ3v) is 11.2. The quantitative estimate of drug-likeness (QED) is 0.0367. The predicted octanol–water partition coefficient (Wildman–Crippen LogP) is 0.676. The van der Waals surface area contributed by atoms with Crippen LogP contribution in [-0.2, 0) is 44.8 Å². The molecule has 1 aliphatic rings. The Morgan fingerprint density at radius 1 is 0.831 bits per heavy atom. The third-order valence-electron chi connectivity index (χ3n) is 11.2. The van der Waals surface area contributed by atoms with Gasteiger partial charge in [0.1, 0.15) is 17.9 Å². The maximum absolute atomic E-state index is 13.4. The summed E-state index contributed by atoms with van der Waals surface area (Å²) < 4.78 is 0. The number of amides is 4. The van der Waals surface area contributed by atoms with Gasteiger partial charge in [-0.05, 0) is 76.6 Å². The summed E-state index contributed by atoms with van der Waals surface area (Å²) in [4.78, 5) is 120. The van der Waals surface area contributed by atoms with Gasteiger partial charge >= 0.3 is 19.1 Å². The summed E-state index contributed by atoms with van der Waals surface area (Å²) in [6, 6.07) is 1.82. The molecule has 11 N–H and O–H groups in total. The molecule has 3 rings (SSSR count). The molecular weight excluding hydrogens is 847 g/mol. The van der Waals surface area contributed by atoms with E-state index in [2.05, 4.69) is 31.2 Å². The zero-order valence-electron chi connectivity index (χ0n) is 37.0. The van der Waals surface area contributed by atoms with Gasteiger partial charge in [-0.1, -0.05) is 19.3 Å². The number of nitrogens with two attached hydrogens (primary N) is 1. The van der Waals surface area contributed by atoms with Crippen molar-refractivity contribution in [3.05, 3.63) is 48.0 Å². The highest BCUT2D eigenvalue weighted by Gasteiger charge is 2.38. The minimum Gasteiger partial charge on any atom is -0.481 e. The van der Waals surface area contributed by atoms with Crippen molar-refractivity contribution in [2.24, 2.45) is 11.7 Å². The van der Waals surface area contributed by atoms with Crippen molar-refractivity contribution in [2.75, 3.05) is 18.4 Å². The lowest BCUT2D eigenvalue weighted by Gasteiger charge is -2.27. The summed E-state index contributed by atoms with van der Waals surface area (Å²) in [5, 5.41) is 48.4. The number of nitrogens with zero attached hydrogens (tertiary/aromatic N) is 2. The van der Waals surface area contributed by atoms with E-state index in [0.29, 0.717) is 94.1 Å². The number of likely N-dealkylation sites (tertiary alicyclic amines) is 1. The lowest BCUT2D eigenvalue weighted by molar-refractivity contribution is -0.144. The molecule has 2 aromatic rings. The first-order chi connectivity index (χ1) is 30.9. The van der Waals surface area contributed by atoms with E-state index in [1.807, 2.05) is 0 Å². The summed E-state index contributed by atoms with van der Waals surface area (Å²) in [5.41, 5.74) is 7.00. The molecule has 1 aliphatic heterocycles. The van der Waals surface area contributed by atoms with Crippen LogP contribution in [0, 0.1) is 5.92 Å². The van der Waals surface area contributed by atoms with Crippen LogP contribution in [0.2, 0.25) is 0 Å². The Morgan fingerprint density at radius 3 is 2.08 bits per heavy atom. The van der Waals surface area contributed by atoms with E-state index < -0.39 is 90.9 Å². The molecule has 2 unspecified atom stereocenters. The number of Topliss-reactive ketones (excluding diaryl/α,β-unsaturated/α-hetero) is 3. The van der Waals surface area contributed by atoms with Gasteiger partial charge in [0.25, 0.3) is 5.91 Å². The number of hydrogen-bond donors (Lipinski definition) is 10. The topological polar surface area (TPSA) is 341 Å². The number of unbranched alkanes of at least 4 members (excludes halogenated alkanes) is 4. The van der Waals surface area contributed by atoms with E-state index in [1.54, 1.807) is 31.2 Å². The Labute approximate surface area is 377 Å². The van der Waals surface area contributed by atoms with Crippen LogP contribution < -0.4 is 27.0 Å². The largest absolute Gasteiger partial charge is 0.481 e. The van der Waals surface area contributed by atoms with Gasteiger partial charge < -0.3 is 57.1 Å². The van der Waals surface area contributed by atoms with Crippen LogP contribution >= 0.6 is 0 Å². The molecule has 65 heavy (non-hydrogen) atoms. The van der Waals surface area contributed by atoms with Crippen molar-refractivity contribution in [3.8, 4) is 0 Å². The van der Waals surface area contributed by atoms with Crippen LogP contribution in [0.4, 0.5) is 5.69 Å². The Hall–Kier alpha value is -6.00. The molecule has 1 aromatic carbocycles. The SMILES string of the molecule is C[C@H](NC(=O)[C@@H](N)CC(=O)O)C(=O)NC(Cc1cnc[nH]1)C(=O)CC(CCCCCC(=O)CCCCCC(=O)CNc1ccc(C(=O)N[C@H](C)C(=O)N2CCC[C@H]2B(O)O)cc1)C(=O)O. The van der Waals surface area contributed by atoms with E-state index >= 15 is 0 Å². The number of hydrogen-bond acceptors (Lipinski definition) is 14. The second-order valence-corrected chi connectivity index (χ2v) is 16.5. The van der Waals surface area contributed by atoms with E-state index in [0.717, 1.165) is 0 Å². The molecule has 0 aliphatic carbocycles. The molecule has 0 spiro atoms. The summed E-state index contributed by atoms with van der Waals surface area (Å²) in [5.74, 6) is -7.22. The number of rotatable bonds is 31. The second kappa shape index (κ2) is 27.4. The molecule has 22 heteroatoms. The minimum absolute atomic E-state index is 0.0185. The van der Waals surface area contributed by atoms with Crippen molar-refractivity contribution in [3.63, 3.8) is 0 Å². The van der Waals surface area contributed by atoms with Gasteiger partial charge in [-0.25, -0.2) is 4.98 Å². The number of anilines is 1. The number of aromatic amines is 1. The molecule has 0 saturated carbocycles. The summed E-state index contributed by atoms with van der Waals surface area (Å²) in [7, 11) is -1.65. The highest BCUT2D eigenvalue weighted by atomic mass is 16.4. The third kappa shape index (κ3) is 18.9. The van der Waals surface area contributed by atoms with Gasteiger partial charge in [-0.15, -0.1) is 0 Å². The van der Waals surface area contributed by atoms with Crippen molar-refractivity contribution < 1.29 is 63.4 Å². The fourth-order valence-corrected chi connectivity index (χ4v) is 7.35. The Bertz CT molecular complexity index is 1930. The Kier molecular flexibility index (Phi) is 22.5. The Balaban J connectivity index is 1.30. The van der Waals surface area contributed by atoms with Gasteiger partial charge in [0, 0.05) is 61.8 Å². The number of benzene rings is 1. The molecule has 4 amide bonds. The number of carboxylic acids is 2. The van der Waals surface area contributed by atoms with Crippen LogP contribution in [-0.4, -0.2) is 138 Å². The first kappa shape index (κ1) is 53.3. The Morgan fingerprint density at radius 2 is 1.48 bits per heavy atom. The molecule has 1 fully saturated rings. The number of aromatic nitrogens is 2. The number of nitrogens with one attached hydrogen (secondary N) is 5. The standard InChI is InChI=1S/C43H63BN8O13/c1-26(49-41(60)34(45)22-38(56)57)39(58)51-35(21-31-23-46-25-48-31)36(55)20-29(43(62)63)10-5-3-6-11-32(53)12-7-4-8-13-33(54)24-47-30-17-15-28(16-18-30)40(59)50-27(2)42(61)52-19-9-14-37(52)44(64)65/h15-18,23,25-27,29,34-35,37,47,64-65H,3-14,19-22,24,45H2,1-2H3,(H,46,48)(H,49,60)(H,50,59)(H,51,58)(H,56,57)(H,62,63)/t26-,27+,29?,34-,35?,37-/m0/s1. The highest BCUT2D eigenvalue weighted by Crippen LogP contribution is 2.20. The molecule has 0 radical (unpaired) electrons. The second-order valence-electron chi connectivity index (χ2n) is 16.5. The lowest BCUT2D eigenvalue weighted by atomic mass is 9.78. The zero-order valence-corrected chi connectivity index (χ0v) is 37.0. The molecule has 6 atom stereocenters. The maximum Gasteiger partial charge on any atom is 0.475 e. The molecule has 356 valence electrons. The fraction of sp³-hybridized carbons (Fsp3) is 0.581.